The van der Waals surface area contributed by atoms with E-state index >= 15 is 0 Å². The summed E-state index contributed by atoms with van der Waals surface area (Å²) >= 11 is 0. The van der Waals surface area contributed by atoms with E-state index in [0.717, 1.165) is 23.7 Å². The van der Waals surface area contributed by atoms with E-state index in [9.17, 15) is 4.79 Å². The second kappa shape index (κ2) is 5.84. The molecule has 1 saturated carbocycles. The molecule has 114 valence electrons. The largest absolute Gasteiger partial charge is 0.331 e. The van der Waals surface area contributed by atoms with Crippen molar-refractivity contribution in [3.8, 4) is 0 Å². The minimum Gasteiger partial charge on any atom is -0.331 e. The lowest BCUT2D eigenvalue weighted by atomic mass is 10.1. The number of pyridine rings is 1. The number of carbonyl (C=O) groups is 1. The quantitative estimate of drug-likeness (QED) is 0.728. The molecule has 3 heteroatoms. The van der Waals surface area contributed by atoms with Crippen LogP contribution in [0.15, 0.2) is 66.9 Å². The summed E-state index contributed by atoms with van der Waals surface area (Å²) in [6.07, 6.45) is 3.94. The number of benzene rings is 2. The first-order chi connectivity index (χ1) is 11.3. The van der Waals surface area contributed by atoms with E-state index in [1.165, 1.54) is 5.56 Å². The molecule has 0 bridgehead atoms. The molecule has 0 aliphatic heterocycles. The minimum atomic E-state index is 0.0839. The van der Waals surface area contributed by atoms with Gasteiger partial charge in [-0.25, -0.2) is 0 Å². The Morgan fingerprint density at radius 3 is 2.57 bits per heavy atom. The summed E-state index contributed by atoms with van der Waals surface area (Å²) in [6, 6.07) is 20.3. The van der Waals surface area contributed by atoms with Gasteiger partial charge in [-0.2, -0.15) is 0 Å². The normalized spacial score (nSPS) is 13.9. The molecule has 0 spiro atoms. The fourth-order valence-corrected chi connectivity index (χ4v) is 2.96. The minimum absolute atomic E-state index is 0.0839. The van der Waals surface area contributed by atoms with Gasteiger partial charge >= 0.3 is 0 Å². The lowest BCUT2D eigenvalue weighted by Crippen LogP contribution is -2.32. The van der Waals surface area contributed by atoms with Crippen LogP contribution in [0.1, 0.15) is 28.8 Å². The van der Waals surface area contributed by atoms with Gasteiger partial charge in [-0.15, -0.1) is 0 Å². The molecule has 0 atom stereocenters. The lowest BCUT2D eigenvalue weighted by molar-refractivity contribution is 0.0731. The molecule has 0 unspecified atom stereocenters. The lowest BCUT2D eigenvalue weighted by Gasteiger charge is -2.23. The number of aromatic nitrogens is 1. The van der Waals surface area contributed by atoms with E-state index < -0.39 is 0 Å². The van der Waals surface area contributed by atoms with Gasteiger partial charge in [0.05, 0.1) is 11.1 Å². The van der Waals surface area contributed by atoms with E-state index in [0.29, 0.717) is 18.2 Å². The average molecular weight is 302 g/mol. The molecule has 23 heavy (non-hydrogen) atoms. The molecule has 1 fully saturated rings. The van der Waals surface area contributed by atoms with Crippen molar-refractivity contribution >= 4 is 16.8 Å². The van der Waals surface area contributed by atoms with Gasteiger partial charge < -0.3 is 4.90 Å². The van der Waals surface area contributed by atoms with E-state index in [2.05, 4.69) is 17.1 Å². The standard InChI is InChI=1S/C20H18N2O/c23-20(18-10-4-8-16-9-5-13-21-19(16)18)22(17-11-12-17)14-15-6-2-1-3-7-15/h1-10,13,17H,11-12,14H2. The van der Waals surface area contributed by atoms with Crippen molar-refractivity contribution < 1.29 is 4.79 Å². The first-order valence-electron chi connectivity index (χ1n) is 8.01. The number of para-hydroxylation sites is 1. The van der Waals surface area contributed by atoms with Gasteiger partial charge in [0.15, 0.2) is 0 Å². The van der Waals surface area contributed by atoms with Gasteiger partial charge in [0.2, 0.25) is 0 Å². The van der Waals surface area contributed by atoms with Gasteiger partial charge in [0.1, 0.15) is 0 Å². The van der Waals surface area contributed by atoms with Crippen LogP contribution in [-0.2, 0) is 6.54 Å². The Morgan fingerprint density at radius 2 is 1.78 bits per heavy atom. The van der Waals surface area contributed by atoms with Crippen molar-refractivity contribution in [1.29, 1.82) is 0 Å². The molecule has 0 saturated heterocycles. The maximum atomic E-state index is 13.1. The van der Waals surface area contributed by atoms with Crippen molar-refractivity contribution in [3.63, 3.8) is 0 Å². The zero-order valence-corrected chi connectivity index (χ0v) is 12.9. The fraction of sp³-hybridized carbons (Fsp3) is 0.200. The number of amides is 1. The number of hydrogen-bond donors (Lipinski definition) is 0. The highest BCUT2D eigenvalue weighted by molar-refractivity contribution is 6.05. The Bertz CT molecular complexity index is 835. The highest BCUT2D eigenvalue weighted by Crippen LogP contribution is 2.31. The molecule has 3 nitrogen and oxygen atoms in total. The zero-order valence-electron chi connectivity index (χ0n) is 12.9. The molecule has 2 aromatic carbocycles. The number of nitrogens with zero attached hydrogens (tertiary/aromatic N) is 2. The van der Waals surface area contributed by atoms with Gasteiger partial charge in [-0.3, -0.25) is 9.78 Å². The van der Waals surface area contributed by atoms with Gasteiger partial charge in [-0.1, -0.05) is 48.5 Å². The molecule has 1 amide bonds. The number of rotatable bonds is 4. The van der Waals surface area contributed by atoms with Crippen molar-refractivity contribution in [2.24, 2.45) is 0 Å². The summed E-state index contributed by atoms with van der Waals surface area (Å²) < 4.78 is 0. The van der Waals surface area contributed by atoms with Crippen LogP contribution in [0.5, 0.6) is 0 Å². The van der Waals surface area contributed by atoms with Crippen LogP contribution < -0.4 is 0 Å². The number of fused-ring (bicyclic) bond motifs is 1. The molecule has 1 heterocycles. The molecule has 1 aliphatic carbocycles. The number of carbonyl (C=O) groups excluding carboxylic acids is 1. The van der Waals surface area contributed by atoms with Gasteiger partial charge in [0.25, 0.3) is 5.91 Å². The smallest absolute Gasteiger partial charge is 0.256 e. The monoisotopic (exact) mass is 302 g/mol. The summed E-state index contributed by atoms with van der Waals surface area (Å²) in [5, 5.41) is 1.01. The molecule has 0 radical (unpaired) electrons. The Kier molecular flexibility index (Phi) is 3.54. The van der Waals surface area contributed by atoms with Crippen LogP contribution in [-0.4, -0.2) is 21.8 Å². The average Bonchev–Trinajstić information content (AvgIpc) is 3.44. The second-order valence-corrected chi connectivity index (χ2v) is 6.03. The summed E-state index contributed by atoms with van der Waals surface area (Å²) in [7, 11) is 0. The fourth-order valence-electron chi connectivity index (χ4n) is 2.96. The maximum absolute atomic E-state index is 13.1. The summed E-state index contributed by atoms with van der Waals surface area (Å²) in [4.78, 5) is 19.6. The summed E-state index contributed by atoms with van der Waals surface area (Å²) in [5.74, 6) is 0.0839. The first-order valence-corrected chi connectivity index (χ1v) is 8.01. The van der Waals surface area contributed by atoms with E-state index in [4.69, 9.17) is 0 Å². The SMILES string of the molecule is O=C(c1cccc2cccnc12)N(Cc1ccccc1)C1CC1. The van der Waals surface area contributed by atoms with Crippen LogP contribution in [0.2, 0.25) is 0 Å². The van der Waals surface area contributed by atoms with Crippen LogP contribution in [0.4, 0.5) is 0 Å². The Hall–Kier alpha value is -2.68. The predicted octanol–water partition coefficient (Wildman–Crippen LogP) is 4.04. The third-order valence-corrected chi connectivity index (χ3v) is 4.31. The molecule has 1 aromatic heterocycles. The molecular weight excluding hydrogens is 284 g/mol. The third-order valence-electron chi connectivity index (χ3n) is 4.31. The van der Waals surface area contributed by atoms with Gasteiger partial charge in [-0.05, 0) is 30.5 Å². The summed E-state index contributed by atoms with van der Waals surface area (Å²) in [6.45, 7) is 0.660. The zero-order chi connectivity index (χ0) is 15.6. The molecule has 0 N–H and O–H groups in total. The maximum Gasteiger partial charge on any atom is 0.256 e. The highest BCUT2D eigenvalue weighted by Gasteiger charge is 2.33. The van der Waals surface area contributed by atoms with E-state index in [1.54, 1.807) is 6.20 Å². The topological polar surface area (TPSA) is 33.2 Å². The van der Waals surface area contributed by atoms with Crippen LogP contribution in [0.25, 0.3) is 10.9 Å². The Morgan fingerprint density at radius 1 is 1.00 bits per heavy atom. The summed E-state index contributed by atoms with van der Waals surface area (Å²) in [5.41, 5.74) is 2.66. The predicted molar refractivity (Wildman–Crippen MR) is 91.1 cm³/mol. The molecule has 1 aliphatic rings. The van der Waals surface area contributed by atoms with Gasteiger partial charge in [0, 0.05) is 24.2 Å². The van der Waals surface area contributed by atoms with Crippen molar-refractivity contribution in [2.45, 2.75) is 25.4 Å². The highest BCUT2D eigenvalue weighted by atomic mass is 16.2. The van der Waals surface area contributed by atoms with Crippen molar-refractivity contribution in [2.75, 3.05) is 0 Å². The molecule has 3 aromatic rings. The van der Waals surface area contributed by atoms with Crippen molar-refractivity contribution in [3.05, 3.63) is 78.0 Å². The second-order valence-electron chi connectivity index (χ2n) is 6.03. The number of hydrogen-bond acceptors (Lipinski definition) is 2. The molecular formula is C20H18N2O. The van der Waals surface area contributed by atoms with Crippen molar-refractivity contribution in [1.82, 2.24) is 9.88 Å². The van der Waals surface area contributed by atoms with Crippen LogP contribution in [0, 0.1) is 0 Å². The Balaban J connectivity index is 1.70. The van der Waals surface area contributed by atoms with Crippen LogP contribution >= 0.6 is 0 Å². The Labute approximate surface area is 135 Å². The van der Waals surface area contributed by atoms with E-state index in [-0.39, 0.29) is 5.91 Å². The first kappa shape index (κ1) is 13.9. The van der Waals surface area contributed by atoms with E-state index in [1.807, 2.05) is 53.4 Å². The third kappa shape index (κ3) is 2.82. The molecule has 4 rings (SSSR count). The van der Waals surface area contributed by atoms with Crippen LogP contribution in [0.3, 0.4) is 0 Å².